The molecule has 0 radical (unpaired) electrons. The first kappa shape index (κ1) is 19.5. The Hall–Kier alpha value is -2.31. The van der Waals surface area contributed by atoms with Gasteiger partial charge in [-0.2, -0.15) is 0 Å². The molecule has 0 saturated heterocycles. The Morgan fingerprint density at radius 1 is 1.15 bits per heavy atom. The molecular weight excluding hydrogens is 394 g/mol. The summed E-state index contributed by atoms with van der Waals surface area (Å²) in [5.41, 5.74) is 1.82. The molecule has 0 fully saturated rings. The van der Waals surface area contributed by atoms with E-state index in [0.29, 0.717) is 28.3 Å². The lowest BCUT2D eigenvalue weighted by molar-refractivity contribution is -0.127. The lowest BCUT2D eigenvalue weighted by atomic mass is 10.1. The predicted octanol–water partition coefficient (Wildman–Crippen LogP) is 2.95. The van der Waals surface area contributed by atoms with Gasteiger partial charge in [0.05, 0.1) is 0 Å². The van der Waals surface area contributed by atoms with Crippen LogP contribution in [0.2, 0.25) is 5.02 Å². The fourth-order valence-electron chi connectivity index (χ4n) is 2.75. The summed E-state index contributed by atoms with van der Waals surface area (Å²) < 4.78 is 19.8. The van der Waals surface area contributed by atoms with Gasteiger partial charge >= 0.3 is 0 Å². The Morgan fingerprint density at radius 3 is 2.70 bits per heavy atom. The van der Waals surface area contributed by atoms with Crippen LogP contribution in [0.3, 0.4) is 0 Å². The lowest BCUT2D eigenvalue weighted by Gasteiger charge is -2.12. The smallest absolute Gasteiger partial charge is 0.261 e. The fraction of sp³-hybridized carbons (Fsp3) is 0.263. The van der Waals surface area contributed by atoms with Gasteiger partial charge in [0.25, 0.3) is 5.91 Å². The number of alkyl halides is 1. The maximum atomic E-state index is 14.2. The minimum Gasteiger partial charge on any atom is -0.480 e. The van der Waals surface area contributed by atoms with Crippen LogP contribution in [-0.4, -0.2) is 23.8 Å². The number of fused-ring (bicyclic) bond motifs is 1. The van der Waals surface area contributed by atoms with Gasteiger partial charge in [-0.15, -0.1) is 11.6 Å². The van der Waals surface area contributed by atoms with Gasteiger partial charge in [0.1, 0.15) is 17.4 Å². The molecule has 0 aliphatic carbocycles. The van der Waals surface area contributed by atoms with E-state index in [0.717, 1.165) is 5.56 Å². The zero-order valence-electron chi connectivity index (χ0n) is 14.2. The zero-order chi connectivity index (χ0) is 19.4. The molecule has 5 nitrogen and oxygen atoms in total. The highest BCUT2D eigenvalue weighted by Crippen LogP contribution is 2.31. The van der Waals surface area contributed by atoms with Crippen LogP contribution in [-0.2, 0) is 29.1 Å². The van der Waals surface area contributed by atoms with Gasteiger partial charge in [0.15, 0.2) is 6.10 Å². The molecule has 2 aromatic rings. The molecule has 0 bridgehead atoms. The summed E-state index contributed by atoms with van der Waals surface area (Å²) in [4.78, 5) is 23.4. The number of hydrogen-bond donors (Lipinski definition) is 2. The Morgan fingerprint density at radius 2 is 1.96 bits per heavy atom. The monoisotopic (exact) mass is 410 g/mol. The molecule has 1 aliphatic rings. The topological polar surface area (TPSA) is 67.4 Å². The van der Waals surface area contributed by atoms with E-state index in [1.165, 1.54) is 6.07 Å². The SMILES string of the molecule is O=C(CCl)NCc1ccc(CNC(=O)C2Cc3cc(Cl)ccc3O2)c(F)c1. The number of carbonyl (C=O) groups excluding carboxylic acids is 2. The van der Waals surface area contributed by atoms with Gasteiger partial charge in [-0.3, -0.25) is 9.59 Å². The summed E-state index contributed by atoms with van der Waals surface area (Å²) in [7, 11) is 0. The molecule has 2 amide bonds. The molecule has 1 atom stereocenters. The van der Waals surface area contributed by atoms with E-state index in [-0.39, 0.29) is 30.8 Å². The first-order valence-electron chi connectivity index (χ1n) is 8.29. The molecular formula is C19H17Cl2FN2O3. The maximum Gasteiger partial charge on any atom is 0.261 e. The standard InChI is InChI=1S/C19H17Cl2FN2O3/c20-8-18(25)23-9-11-1-2-12(15(22)5-11)10-24-19(26)17-7-13-6-14(21)3-4-16(13)27-17/h1-6,17H,7-10H2,(H,23,25)(H,24,26). The van der Waals surface area contributed by atoms with Crippen molar-refractivity contribution in [2.45, 2.75) is 25.6 Å². The third-order valence-electron chi connectivity index (χ3n) is 4.17. The highest BCUT2D eigenvalue weighted by atomic mass is 35.5. The molecule has 0 aromatic heterocycles. The molecule has 2 N–H and O–H groups in total. The normalized spacial score (nSPS) is 15.0. The largest absolute Gasteiger partial charge is 0.480 e. The Kier molecular flexibility index (Phi) is 6.19. The van der Waals surface area contributed by atoms with E-state index >= 15 is 0 Å². The van der Waals surface area contributed by atoms with Crippen molar-refractivity contribution in [1.29, 1.82) is 0 Å². The van der Waals surface area contributed by atoms with Gasteiger partial charge < -0.3 is 15.4 Å². The second-order valence-electron chi connectivity index (χ2n) is 6.12. The van der Waals surface area contributed by atoms with Crippen LogP contribution in [0.5, 0.6) is 5.75 Å². The van der Waals surface area contributed by atoms with Crippen molar-refractivity contribution in [3.8, 4) is 5.75 Å². The van der Waals surface area contributed by atoms with Crippen molar-refractivity contribution in [3.63, 3.8) is 0 Å². The van der Waals surface area contributed by atoms with Gasteiger partial charge in [0.2, 0.25) is 5.91 Å². The van der Waals surface area contributed by atoms with E-state index in [1.807, 2.05) is 0 Å². The number of hydrogen-bond acceptors (Lipinski definition) is 3. The number of nitrogens with one attached hydrogen (secondary N) is 2. The third-order valence-corrected chi connectivity index (χ3v) is 4.65. The Balaban J connectivity index is 1.54. The number of benzene rings is 2. The van der Waals surface area contributed by atoms with E-state index in [4.69, 9.17) is 27.9 Å². The van der Waals surface area contributed by atoms with Crippen molar-refractivity contribution in [1.82, 2.24) is 10.6 Å². The molecule has 1 aliphatic heterocycles. The molecule has 3 rings (SSSR count). The number of halogens is 3. The predicted molar refractivity (Wildman–Crippen MR) is 100 cm³/mol. The van der Waals surface area contributed by atoms with Crippen LogP contribution in [0.25, 0.3) is 0 Å². The molecule has 8 heteroatoms. The number of rotatable bonds is 6. The Labute approximate surface area is 165 Å². The second-order valence-corrected chi connectivity index (χ2v) is 6.82. The van der Waals surface area contributed by atoms with Crippen molar-refractivity contribution < 1.29 is 18.7 Å². The zero-order valence-corrected chi connectivity index (χ0v) is 15.7. The molecule has 1 heterocycles. The van der Waals surface area contributed by atoms with Crippen LogP contribution < -0.4 is 15.4 Å². The van der Waals surface area contributed by atoms with Gasteiger partial charge in [0, 0.05) is 30.1 Å². The van der Waals surface area contributed by atoms with Crippen molar-refractivity contribution in [2.75, 3.05) is 5.88 Å². The van der Waals surface area contributed by atoms with E-state index in [9.17, 15) is 14.0 Å². The van der Waals surface area contributed by atoms with E-state index < -0.39 is 11.9 Å². The molecule has 142 valence electrons. The quantitative estimate of drug-likeness (QED) is 0.719. The van der Waals surface area contributed by atoms with Crippen LogP contribution in [0.15, 0.2) is 36.4 Å². The summed E-state index contributed by atoms with van der Waals surface area (Å²) in [5, 5.41) is 5.83. The molecule has 0 saturated carbocycles. The van der Waals surface area contributed by atoms with Crippen molar-refractivity contribution in [2.24, 2.45) is 0 Å². The molecule has 0 spiro atoms. The summed E-state index contributed by atoms with van der Waals surface area (Å²) in [6, 6.07) is 9.77. The number of carbonyl (C=O) groups is 2. The minimum absolute atomic E-state index is 0.0376. The fourth-order valence-corrected chi connectivity index (χ4v) is 3.04. The van der Waals surface area contributed by atoms with Gasteiger partial charge in [-0.25, -0.2) is 4.39 Å². The van der Waals surface area contributed by atoms with Crippen LogP contribution >= 0.6 is 23.2 Å². The van der Waals surface area contributed by atoms with E-state index in [1.54, 1.807) is 30.3 Å². The summed E-state index contributed by atoms with van der Waals surface area (Å²) in [6.45, 7) is 0.224. The van der Waals surface area contributed by atoms with E-state index in [2.05, 4.69) is 10.6 Å². The number of ether oxygens (including phenoxy) is 1. The molecule has 27 heavy (non-hydrogen) atoms. The molecule has 1 unspecified atom stereocenters. The highest BCUT2D eigenvalue weighted by molar-refractivity contribution is 6.30. The van der Waals surface area contributed by atoms with Gasteiger partial charge in [-0.1, -0.05) is 23.7 Å². The second kappa shape index (κ2) is 8.59. The average molecular weight is 411 g/mol. The third kappa shape index (κ3) is 4.90. The maximum absolute atomic E-state index is 14.2. The van der Waals surface area contributed by atoms with Crippen LogP contribution in [0.1, 0.15) is 16.7 Å². The highest BCUT2D eigenvalue weighted by Gasteiger charge is 2.29. The van der Waals surface area contributed by atoms with Crippen molar-refractivity contribution in [3.05, 3.63) is 63.9 Å². The number of amides is 2. The summed E-state index contributed by atoms with van der Waals surface area (Å²) in [5.74, 6) is -0.622. The first-order chi connectivity index (χ1) is 13.0. The molecule has 2 aromatic carbocycles. The summed E-state index contributed by atoms with van der Waals surface area (Å²) >= 11 is 11.3. The summed E-state index contributed by atoms with van der Waals surface area (Å²) in [6.07, 6.45) is -0.241. The average Bonchev–Trinajstić information content (AvgIpc) is 3.08. The minimum atomic E-state index is -0.661. The lowest BCUT2D eigenvalue weighted by Crippen LogP contribution is -2.37. The first-order valence-corrected chi connectivity index (χ1v) is 9.20. The van der Waals surface area contributed by atoms with Crippen molar-refractivity contribution >= 4 is 35.0 Å². The van der Waals surface area contributed by atoms with Crippen LogP contribution in [0.4, 0.5) is 4.39 Å². The Bertz CT molecular complexity index is 876. The van der Waals surface area contributed by atoms with Crippen LogP contribution in [0, 0.1) is 5.82 Å². The van der Waals surface area contributed by atoms with Gasteiger partial charge in [-0.05, 0) is 35.4 Å².